The van der Waals surface area contributed by atoms with Gasteiger partial charge in [0.05, 0.1) is 5.69 Å². The van der Waals surface area contributed by atoms with E-state index in [2.05, 4.69) is 21.2 Å². The van der Waals surface area contributed by atoms with Crippen molar-refractivity contribution in [2.24, 2.45) is 0 Å². The Bertz CT molecular complexity index is 789. The minimum Gasteiger partial charge on any atom is -0.321 e. The molecule has 4 nitrogen and oxygen atoms in total. The van der Waals surface area contributed by atoms with Crippen LogP contribution >= 0.6 is 15.9 Å². The third kappa shape index (κ3) is 3.85. The van der Waals surface area contributed by atoms with Crippen LogP contribution in [0.2, 0.25) is 0 Å². The molecule has 110 valence electrons. The molecule has 8 heteroatoms. The number of anilines is 1. The van der Waals surface area contributed by atoms with Crippen molar-refractivity contribution in [2.75, 3.05) is 5.32 Å². The maximum absolute atomic E-state index is 13.2. The molecule has 1 N–H and O–H groups in total. The third-order valence-corrected chi connectivity index (χ3v) is 3.86. The number of hydrogen-bond acceptors (Lipinski definition) is 3. The van der Waals surface area contributed by atoms with E-state index >= 15 is 0 Å². The molecule has 1 amide bonds. The van der Waals surface area contributed by atoms with E-state index < -0.39 is 26.8 Å². The molecule has 21 heavy (non-hydrogen) atoms. The first kappa shape index (κ1) is 15.6. The van der Waals surface area contributed by atoms with Gasteiger partial charge in [-0.1, -0.05) is 28.1 Å². The molecule has 0 aliphatic carbocycles. The van der Waals surface area contributed by atoms with Crippen LogP contribution in [0.25, 0.3) is 0 Å². The Balaban J connectivity index is 2.37. The Morgan fingerprint density at radius 2 is 1.81 bits per heavy atom. The van der Waals surface area contributed by atoms with E-state index in [1.807, 2.05) is 0 Å². The number of carbonyl (C=O) groups excluding carboxylic acids is 1. The first-order chi connectivity index (χ1) is 9.77. The van der Waals surface area contributed by atoms with Crippen LogP contribution < -0.4 is 5.32 Å². The normalized spacial score (nSPS) is 11.2. The molecular weight excluding hydrogens is 368 g/mol. The van der Waals surface area contributed by atoms with E-state index in [9.17, 15) is 21.5 Å². The second kappa shape index (κ2) is 5.90. The van der Waals surface area contributed by atoms with E-state index in [0.717, 1.165) is 18.2 Å². The minimum atomic E-state index is -4.98. The van der Waals surface area contributed by atoms with Gasteiger partial charge >= 0.3 is 10.2 Å². The van der Waals surface area contributed by atoms with E-state index in [4.69, 9.17) is 0 Å². The zero-order valence-electron chi connectivity index (χ0n) is 10.3. The second-order valence-corrected chi connectivity index (χ2v) is 6.28. The van der Waals surface area contributed by atoms with Gasteiger partial charge in [-0.3, -0.25) is 4.79 Å². The highest BCUT2D eigenvalue weighted by molar-refractivity contribution is 9.10. The summed E-state index contributed by atoms with van der Waals surface area (Å²) in [5.74, 6) is -1.40. The van der Waals surface area contributed by atoms with Crippen LogP contribution in [0.15, 0.2) is 51.8 Å². The third-order valence-electron chi connectivity index (χ3n) is 2.52. The van der Waals surface area contributed by atoms with Gasteiger partial charge in [0.2, 0.25) is 0 Å². The SMILES string of the molecule is O=C(Nc1ccccc1S(=O)(=O)F)c1cc(F)cc(Br)c1. The minimum absolute atomic E-state index is 0.0343. The van der Waals surface area contributed by atoms with Crippen LogP contribution in [0.4, 0.5) is 14.0 Å². The van der Waals surface area contributed by atoms with Crippen LogP contribution in [-0.4, -0.2) is 14.3 Å². The van der Waals surface area contributed by atoms with E-state index in [-0.39, 0.29) is 11.3 Å². The van der Waals surface area contributed by atoms with E-state index in [1.54, 1.807) is 0 Å². The lowest BCUT2D eigenvalue weighted by Gasteiger charge is -2.08. The number of benzene rings is 2. The average molecular weight is 376 g/mol. The largest absolute Gasteiger partial charge is 0.334 e. The summed E-state index contributed by atoms with van der Waals surface area (Å²) in [5, 5.41) is 2.24. The fourth-order valence-electron chi connectivity index (χ4n) is 1.66. The van der Waals surface area contributed by atoms with Gasteiger partial charge in [-0.05, 0) is 30.3 Å². The van der Waals surface area contributed by atoms with Gasteiger partial charge in [-0.2, -0.15) is 8.42 Å². The summed E-state index contributed by atoms with van der Waals surface area (Å²) >= 11 is 3.04. The lowest BCUT2D eigenvalue weighted by molar-refractivity contribution is 0.102. The average Bonchev–Trinajstić information content (AvgIpc) is 2.37. The Morgan fingerprint density at radius 1 is 1.14 bits per heavy atom. The predicted molar refractivity (Wildman–Crippen MR) is 76.8 cm³/mol. The molecule has 0 aliphatic heterocycles. The summed E-state index contributed by atoms with van der Waals surface area (Å²) in [6, 6.07) is 8.51. The molecule has 2 aromatic rings. The molecule has 0 aromatic heterocycles. The zero-order valence-corrected chi connectivity index (χ0v) is 12.7. The summed E-state index contributed by atoms with van der Waals surface area (Å²) in [6.45, 7) is 0. The number of amides is 1. The Morgan fingerprint density at radius 3 is 2.43 bits per heavy atom. The summed E-state index contributed by atoms with van der Waals surface area (Å²) in [4.78, 5) is 11.3. The molecule has 0 unspecified atom stereocenters. The van der Waals surface area contributed by atoms with E-state index in [1.165, 1.54) is 24.3 Å². The zero-order chi connectivity index (χ0) is 15.6. The molecule has 0 bridgehead atoms. The highest BCUT2D eigenvalue weighted by atomic mass is 79.9. The van der Waals surface area contributed by atoms with Crippen LogP contribution in [0.3, 0.4) is 0 Å². The molecule has 0 aliphatic rings. The molecule has 2 rings (SSSR count). The standard InChI is InChI=1S/C13H8BrF2NO3S/c14-9-5-8(6-10(15)7-9)13(18)17-11-3-1-2-4-12(11)21(16,19)20/h1-7H,(H,17,18). The van der Waals surface area contributed by atoms with Crippen molar-refractivity contribution < 1.29 is 21.5 Å². The molecule has 0 saturated heterocycles. The summed E-state index contributed by atoms with van der Waals surface area (Å²) < 4.78 is 48.7. The smallest absolute Gasteiger partial charge is 0.321 e. The molecular formula is C13H8BrF2NO3S. The van der Waals surface area contributed by atoms with Gasteiger partial charge in [0.1, 0.15) is 10.7 Å². The molecule has 0 atom stereocenters. The summed E-state index contributed by atoms with van der Waals surface area (Å²) in [5.41, 5.74) is -0.252. The molecule has 0 heterocycles. The molecule has 0 fully saturated rings. The first-order valence-electron chi connectivity index (χ1n) is 5.58. The highest BCUT2D eigenvalue weighted by Crippen LogP contribution is 2.24. The van der Waals surface area contributed by atoms with Crippen LogP contribution in [0.5, 0.6) is 0 Å². The summed E-state index contributed by atoms with van der Waals surface area (Å²) in [6.07, 6.45) is 0. The summed E-state index contributed by atoms with van der Waals surface area (Å²) in [7, 11) is -4.98. The number of rotatable bonds is 3. The number of nitrogens with one attached hydrogen (secondary N) is 1. The number of para-hydroxylation sites is 1. The van der Waals surface area contributed by atoms with Crippen molar-refractivity contribution in [3.8, 4) is 0 Å². The van der Waals surface area contributed by atoms with Crippen molar-refractivity contribution in [1.82, 2.24) is 0 Å². The van der Waals surface area contributed by atoms with Crippen molar-refractivity contribution >= 4 is 37.7 Å². The molecule has 0 spiro atoms. The highest BCUT2D eigenvalue weighted by Gasteiger charge is 2.19. The van der Waals surface area contributed by atoms with Gasteiger partial charge in [-0.15, -0.1) is 3.89 Å². The van der Waals surface area contributed by atoms with Gasteiger partial charge in [0, 0.05) is 10.0 Å². The molecule has 0 radical (unpaired) electrons. The van der Waals surface area contributed by atoms with Gasteiger partial charge in [0.15, 0.2) is 0 Å². The van der Waals surface area contributed by atoms with E-state index in [0.29, 0.717) is 4.47 Å². The molecule has 2 aromatic carbocycles. The topological polar surface area (TPSA) is 63.2 Å². The van der Waals surface area contributed by atoms with Crippen molar-refractivity contribution in [3.05, 3.63) is 58.3 Å². The Hall–Kier alpha value is -1.80. The van der Waals surface area contributed by atoms with Crippen molar-refractivity contribution in [2.45, 2.75) is 4.90 Å². The fourth-order valence-corrected chi connectivity index (χ4v) is 2.75. The van der Waals surface area contributed by atoms with Crippen LogP contribution in [0, 0.1) is 5.82 Å². The second-order valence-electron chi connectivity index (χ2n) is 4.05. The van der Waals surface area contributed by atoms with Gasteiger partial charge in [-0.25, -0.2) is 4.39 Å². The lowest BCUT2D eigenvalue weighted by atomic mass is 10.2. The number of hydrogen-bond donors (Lipinski definition) is 1. The Kier molecular flexibility index (Phi) is 4.38. The number of halogens is 3. The van der Waals surface area contributed by atoms with Gasteiger partial charge in [0.25, 0.3) is 5.91 Å². The van der Waals surface area contributed by atoms with Crippen LogP contribution in [-0.2, 0) is 10.2 Å². The van der Waals surface area contributed by atoms with Crippen LogP contribution in [0.1, 0.15) is 10.4 Å². The fraction of sp³-hybridized carbons (Fsp3) is 0. The Labute approximate surface area is 128 Å². The molecule has 0 saturated carbocycles. The maximum Gasteiger partial charge on any atom is 0.334 e. The monoisotopic (exact) mass is 375 g/mol. The number of carbonyl (C=O) groups is 1. The predicted octanol–water partition coefficient (Wildman–Crippen LogP) is 3.50. The van der Waals surface area contributed by atoms with Crippen molar-refractivity contribution in [1.29, 1.82) is 0 Å². The van der Waals surface area contributed by atoms with Crippen molar-refractivity contribution in [3.63, 3.8) is 0 Å². The quantitative estimate of drug-likeness (QED) is 0.835. The maximum atomic E-state index is 13.2. The lowest BCUT2D eigenvalue weighted by Crippen LogP contribution is -2.14. The van der Waals surface area contributed by atoms with Gasteiger partial charge < -0.3 is 5.32 Å². The first-order valence-corrected chi connectivity index (χ1v) is 7.76.